The van der Waals surface area contributed by atoms with Crippen LogP contribution in [0.15, 0.2) is 24.3 Å². The summed E-state index contributed by atoms with van der Waals surface area (Å²) in [5.41, 5.74) is 1.55. The number of alkyl halides is 1. The van der Waals surface area contributed by atoms with Gasteiger partial charge in [0.25, 0.3) is 0 Å². The van der Waals surface area contributed by atoms with Gasteiger partial charge in [0.1, 0.15) is 0 Å². The predicted octanol–water partition coefficient (Wildman–Crippen LogP) is 2.31. The van der Waals surface area contributed by atoms with Crippen LogP contribution in [0, 0.1) is 0 Å². The molecule has 0 fully saturated rings. The SMILES string of the molecule is CC(=O)NC(C)c1ccc(C(=O)CCl)cc1. The first-order valence-corrected chi connectivity index (χ1v) is 5.54. The second-order valence-corrected chi connectivity index (χ2v) is 3.87. The quantitative estimate of drug-likeness (QED) is 0.647. The van der Waals surface area contributed by atoms with Gasteiger partial charge < -0.3 is 5.32 Å². The van der Waals surface area contributed by atoms with Crippen molar-refractivity contribution >= 4 is 23.3 Å². The van der Waals surface area contributed by atoms with E-state index in [4.69, 9.17) is 11.6 Å². The van der Waals surface area contributed by atoms with Crippen LogP contribution in [0.25, 0.3) is 0 Å². The summed E-state index contributed by atoms with van der Waals surface area (Å²) in [5, 5.41) is 2.77. The Balaban J connectivity index is 2.78. The summed E-state index contributed by atoms with van der Waals surface area (Å²) >= 11 is 5.45. The summed E-state index contributed by atoms with van der Waals surface area (Å²) in [5.74, 6) is -0.186. The highest BCUT2D eigenvalue weighted by molar-refractivity contribution is 6.30. The van der Waals surface area contributed by atoms with E-state index in [0.29, 0.717) is 5.56 Å². The zero-order chi connectivity index (χ0) is 12.1. The molecule has 0 aromatic heterocycles. The van der Waals surface area contributed by atoms with Crippen molar-refractivity contribution in [1.82, 2.24) is 5.32 Å². The maximum atomic E-state index is 11.3. The van der Waals surface area contributed by atoms with E-state index < -0.39 is 0 Å². The Labute approximate surface area is 99.8 Å². The van der Waals surface area contributed by atoms with E-state index in [0.717, 1.165) is 5.56 Å². The van der Waals surface area contributed by atoms with Crippen LogP contribution >= 0.6 is 11.6 Å². The van der Waals surface area contributed by atoms with Crippen molar-refractivity contribution in [1.29, 1.82) is 0 Å². The van der Waals surface area contributed by atoms with Crippen molar-refractivity contribution < 1.29 is 9.59 Å². The van der Waals surface area contributed by atoms with E-state index in [1.54, 1.807) is 12.1 Å². The van der Waals surface area contributed by atoms with Gasteiger partial charge in [-0.25, -0.2) is 0 Å². The molecule has 1 aromatic rings. The number of nitrogens with one attached hydrogen (secondary N) is 1. The number of ketones is 1. The van der Waals surface area contributed by atoms with Gasteiger partial charge in [0.2, 0.25) is 5.91 Å². The average Bonchev–Trinajstić information content (AvgIpc) is 2.27. The number of hydrogen-bond acceptors (Lipinski definition) is 2. The molecule has 0 radical (unpaired) electrons. The predicted molar refractivity (Wildman–Crippen MR) is 63.7 cm³/mol. The highest BCUT2D eigenvalue weighted by atomic mass is 35.5. The summed E-state index contributed by atoms with van der Waals surface area (Å²) in [6.07, 6.45) is 0. The number of Topliss-reactive ketones (excluding diaryl/α,β-unsaturated/α-hetero) is 1. The maximum Gasteiger partial charge on any atom is 0.217 e. The van der Waals surface area contributed by atoms with Crippen LogP contribution in [0.2, 0.25) is 0 Å². The molecular weight excluding hydrogens is 226 g/mol. The van der Waals surface area contributed by atoms with Crippen LogP contribution in [-0.4, -0.2) is 17.6 Å². The van der Waals surface area contributed by atoms with Gasteiger partial charge in [-0.3, -0.25) is 9.59 Å². The number of carbonyl (C=O) groups excluding carboxylic acids is 2. The highest BCUT2D eigenvalue weighted by Gasteiger charge is 2.08. The summed E-state index contributed by atoms with van der Waals surface area (Å²) in [7, 11) is 0. The highest BCUT2D eigenvalue weighted by Crippen LogP contribution is 2.13. The lowest BCUT2D eigenvalue weighted by atomic mass is 10.0. The molecule has 3 nitrogen and oxygen atoms in total. The molecule has 1 amide bonds. The Bertz CT molecular complexity index is 387. The van der Waals surface area contributed by atoms with Crippen LogP contribution in [0.5, 0.6) is 0 Å². The number of hydrogen-bond donors (Lipinski definition) is 1. The van der Waals surface area contributed by atoms with Crippen molar-refractivity contribution in [3.63, 3.8) is 0 Å². The van der Waals surface area contributed by atoms with Crippen LogP contribution in [0.1, 0.15) is 35.8 Å². The molecule has 0 saturated carbocycles. The zero-order valence-corrected chi connectivity index (χ0v) is 10.0. The topological polar surface area (TPSA) is 46.2 Å². The van der Waals surface area contributed by atoms with Crippen molar-refractivity contribution in [3.8, 4) is 0 Å². The van der Waals surface area contributed by atoms with Gasteiger partial charge in [-0.15, -0.1) is 11.6 Å². The lowest BCUT2D eigenvalue weighted by Crippen LogP contribution is -2.23. The normalized spacial score (nSPS) is 11.9. The molecule has 86 valence electrons. The molecule has 4 heteroatoms. The molecule has 0 bridgehead atoms. The van der Waals surface area contributed by atoms with Gasteiger partial charge in [0.05, 0.1) is 11.9 Å². The molecular formula is C12H14ClNO2. The molecule has 0 spiro atoms. The summed E-state index contributed by atoms with van der Waals surface area (Å²) in [4.78, 5) is 22.1. The summed E-state index contributed by atoms with van der Waals surface area (Å²) in [6.45, 7) is 3.36. The van der Waals surface area contributed by atoms with Crippen LogP contribution in [0.3, 0.4) is 0 Å². The fourth-order valence-corrected chi connectivity index (χ4v) is 1.58. The van der Waals surface area contributed by atoms with Crippen molar-refractivity contribution in [3.05, 3.63) is 35.4 Å². The van der Waals surface area contributed by atoms with E-state index in [2.05, 4.69) is 5.32 Å². The van der Waals surface area contributed by atoms with Crippen molar-refractivity contribution in [2.24, 2.45) is 0 Å². The minimum atomic E-state index is -0.0969. The number of rotatable bonds is 4. The summed E-state index contributed by atoms with van der Waals surface area (Å²) < 4.78 is 0. The lowest BCUT2D eigenvalue weighted by molar-refractivity contribution is -0.119. The fraction of sp³-hybridized carbons (Fsp3) is 0.333. The molecule has 1 N–H and O–H groups in total. The van der Waals surface area contributed by atoms with E-state index in [-0.39, 0.29) is 23.6 Å². The standard InChI is InChI=1S/C12H14ClNO2/c1-8(14-9(2)15)10-3-5-11(6-4-10)12(16)7-13/h3-6,8H,7H2,1-2H3,(H,14,15). The largest absolute Gasteiger partial charge is 0.350 e. The van der Waals surface area contributed by atoms with Crippen molar-refractivity contribution in [2.75, 3.05) is 5.88 Å². The van der Waals surface area contributed by atoms with Gasteiger partial charge >= 0.3 is 0 Å². The second-order valence-electron chi connectivity index (χ2n) is 3.60. The van der Waals surface area contributed by atoms with Gasteiger partial charge in [-0.2, -0.15) is 0 Å². The number of halogens is 1. The van der Waals surface area contributed by atoms with Crippen LogP contribution in [0.4, 0.5) is 0 Å². The van der Waals surface area contributed by atoms with Crippen molar-refractivity contribution in [2.45, 2.75) is 19.9 Å². The van der Waals surface area contributed by atoms with E-state index in [9.17, 15) is 9.59 Å². The average molecular weight is 240 g/mol. The molecule has 16 heavy (non-hydrogen) atoms. The minimum Gasteiger partial charge on any atom is -0.350 e. The maximum absolute atomic E-state index is 11.3. The third-order valence-electron chi connectivity index (χ3n) is 2.27. The molecule has 1 rings (SSSR count). The number of amides is 1. The first-order chi connectivity index (χ1) is 7.54. The molecule has 1 aromatic carbocycles. The molecule has 1 unspecified atom stereocenters. The zero-order valence-electron chi connectivity index (χ0n) is 9.29. The van der Waals surface area contributed by atoms with Gasteiger partial charge in [0, 0.05) is 12.5 Å². The first-order valence-electron chi connectivity index (χ1n) is 5.01. The molecule has 0 heterocycles. The Morgan fingerprint density at radius 1 is 1.31 bits per heavy atom. The third-order valence-corrected chi connectivity index (χ3v) is 2.52. The molecule has 0 saturated heterocycles. The number of carbonyl (C=O) groups is 2. The Kier molecular flexibility index (Phi) is 4.50. The smallest absolute Gasteiger partial charge is 0.217 e. The van der Waals surface area contributed by atoms with Gasteiger partial charge in [-0.1, -0.05) is 24.3 Å². The monoisotopic (exact) mass is 239 g/mol. The number of benzene rings is 1. The third kappa shape index (κ3) is 3.35. The Hall–Kier alpha value is -1.35. The first kappa shape index (κ1) is 12.7. The molecule has 0 aliphatic heterocycles. The van der Waals surface area contributed by atoms with E-state index in [1.165, 1.54) is 6.92 Å². The van der Waals surface area contributed by atoms with Crippen LogP contribution < -0.4 is 5.32 Å². The lowest BCUT2D eigenvalue weighted by Gasteiger charge is -2.12. The Morgan fingerprint density at radius 2 is 1.88 bits per heavy atom. The summed E-state index contributed by atoms with van der Waals surface area (Å²) in [6, 6.07) is 7.02. The van der Waals surface area contributed by atoms with Crippen LogP contribution in [-0.2, 0) is 4.79 Å². The van der Waals surface area contributed by atoms with Gasteiger partial charge in [-0.05, 0) is 12.5 Å². The van der Waals surface area contributed by atoms with E-state index in [1.807, 2.05) is 19.1 Å². The minimum absolute atomic E-state index is 0.0133. The molecule has 0 aliphatic rings. The molecule has 1 atom stereocenters. The van der Waals surface area contributed by atoms with E-state index >= 15 is 0 Å². The van der Waals surface area contributed by atoms with Gasteiger partial charge in [0.15, 0.2) is 5.78 Å². The fourth-order valence-electron chi connectivity index (χ4n) is 1.42. The Morgan fingerprint density at radius 3 is 2.31 bits per heavy atom. The molecule has 0 aliphatic carbocycles. The second kappa shape index (κ2) is 5.66.